The molecule has 0 spiro atoms. The molecule has 14 heteroatoms. The minimum Gasteiger partial charge on any atom is -0.425 e. The van der Waals surface area contributed by atoms with E-state index in [9.17, 15) is 29.3 Å². The average molecular weight is 490 g/mol. The molecule has 2 rings (SSSR count). The van der Waals surface area contributed by atoms with E-state index >= 15 is 0 Å². The van der Waals surface area contributed by atoms with Gasteiger partial charge in [0.25, 0.3) is 5.09 Å². The first kappa shape index (κ1) is 26.9. The highest BCUT2D eigenvalue weighted by Gasteiger charge is 2.25. The van der Waals surface area contributed by atoms with Gasteiger partial charge in [-0.15, -0.1) is 10.1 Å². The molecule has 1 aromatic rings. The van der Waals surface area contributed by atoms with E-state index in [-0.39, 0.29) is 63.1 Å². The normalized spacial score (nSPS) is 12.8. The fourth-order valence-corrected chi connectivity index (χ4v) is 2.88. The molecule has 188 valence electrons. The van der Waals surface area contributed by atoms with E-state index < -0.39 is 23.0 Å². The summed E-state index contributed by atoms with van der Waals surface area (Å²) >= 11 is 0. The van der Waals surface area contributed by atoms with Crippen LogP contribution in [0.2, 0.25) is 0 Å². The third kappa shape index (κ3) is 10.9. The van der Waals surface area contributed by atoms with Crippen molar-refractivity contribution in [2.24, 2.45) is 9.98 Å². The van der Waals surface area contributed by atoms with E-state index in [0.717, 1.165) is 0 Å². The van der Waals surface area contributed by atoms with Gasteiger partial charge in [0.2, 0.25) is 17.7 Å². The van der Waals surface area contributed by atoms with E-state index in [1.807, 2.05) is 0 Å². The molecule has 35 heavy (non-hydrogen) atoms. The predicted octanol–water partition coefficient (Wildman–Crippen LogP) is 0.403. The number of nitrogens with zero attached hydrogens (tertiary/aromatic N) is 3. The molecule has 0 unspecified atom stereocenters. The number of rotatable bonds is 14. The first-order valence-corrected chi connectivity index (χ1v) is 10.7. The molecule has 0 bridgehead atoms. The van der Waals surface area contributed by atoms with Crippen molar-refractivity contribution in [1.29, 1.82) is 0 Å². The van der Waals surface area contributed by atoms with E-state index in [1.165, 1.54) is 25.3 Å². The Morgan fingerprint density at radius 3 is 2.51 bits per heavy atom. The molecule has 1 aliphatic heterocycles. The van der Waals surface area contributed by atoms with Gasteiger partial charge in [-0.1, -0.05) is 0 Å². The number of benzene rings is 1. The summed E-state index contributed by atoms with van der Waals surface area (Å²) in [6.07, 6.45) is 1.64. The van der Waals surface area contributed by atoms with Crippen molar-refractivity contribution in [3.8, 4) is 5.75 Å². The van der Waals surface area contributed by atoms with E-state index in [1.54, 1.807) is 12.1 Å². The fraction of sp³-hybridized carbons (Fsp3) is 0.429. The number of esters is 1. The molecule has 1 aliphatic rings. The van der Waals surface area contributed by atoms with Gasteiger partial charge in [0.1, 0.15) is 18.5 Å². The highest BCUT2D eigenvalue weighted by molar-refractivity contribution is 6.32. The molecule has 14 nitrogen and oxygen atoms in total. The van der Waals surface area contributed by atoms with Crippen LogP contribution < -0.4 is 20.7 Å². The van der Waals surface area contributed by atoms with Crippen LogP contribution in [0.5, 0.6) is 5.75 Å². The van der Waals surface area contributed by atoms with Gasteiger partial charge in [-0.3, -0.25) is 24.4 Å². The molecule has 3 N–H and O–H groups in total. The molecular formula is C21H26N6O8. The molecule has 3 amide bonds. The minimum atomic E-state index is -1.05. The third-order valence-corrected chi connectivity index (χ3v) is 4.44. The van der Waals surface area contributed by atoms with Gasteiger partial charge in [-0.2, -0.15) is 0 Å². The number of carbonyl (C=O) groups is 4. The second-order valence-corrected chi connectivity index (χ2v) is 7.31. The number of ether oxygens (including phenoxy) is 1. The van der Waals surface area contributed by atoms with Crippen molar-refractivity contribution in [1.82, 2.24) is 10.6 Å². The fourth-order valence-electron chi connectivity index (χ4n) is 2.88. The van der Waals surface area contributed by atoms with E-state index in [0.29, 0.717) is 11.4 Å². The number of carbonyl (C=O) groups excluding carboxylic acids is 4. The number of amides is 3. The molecule has 1 aromatic carbocycles. The molecule has 1 heterocycles. The number of nitrogens with one attached hydrogen (secondary N) is 3. The van der Waals surface area contributed by atoms with Crippen LogP contribution in [-0.4, -0.2) is 66.6 Å². The third-order valence-electron chi connectivity index (χ3n) is 4.44. The highest BCUT2D eigenvalue weighted by Crippen LogP contribution is 2.17. The van der Waals surface area contributed by atoms with Gasteiger partial charge in [-0.25, -0.2) is 4.79 Å². The zero-order valence-corrected chi connectivity index (χ0v) is 19.0. The van der Waals surface area contributed by atoms with Gasteiger partial charge >= 0.3 is 5.97 Å². The van der Waals surface area contributed by atoms with E-state index in [2.05, 4.69) is 30.8 Å². The number of hydrogen-bond donors (Lipinski definition) is 3. The zero-order valence-electron chi connectivity index (χ0n) is 19.0. The first-order chi connectivity index (χ1) is 16.7. The molecule has 0 saturated heterocycles. The van der Waals surface area contributed by atoms with Crippen molar-refractivity contribution >= 4 is 41.3 Å². The van der Waals surface area contributed by atoms with Crippen molar-refractivity contribution in [2.45, 2.75) is 38.6 Å². The minimum absolute atomic E-state index is 0.00426. The lowest BCUT2D eigenvalue weighted by molar-refractivity contribution is -0.757. The van der Waals surface area contributed by atoms with Crippen LogP contribution in [0, 0.1) is 10.1 Å². The van der Waals surface area contributed by atoms with Gasteiger partial charge < -0.3 is 25.5 Å². The Kier molecular flexibility index (Phi) is 10.8. The largest absolute Gasteiger partial charge is 0.425 e. The smallest absolute Gasteiger partial charge is 0.334 e. The van der Waals surface area contributed by atoms with Gasteiger partial charge in [0, 0.05) is 44.6 Å². The Morgan fingerprint density at radius 1 is 1.14 bits per heavy atom. The van der Waals surface area contributed by atoms with Crippen LogP contribution in [0.3, 0.4) is 0 Å². The summed E-state index contributed by atoms with van der Waals surface area (Å²) in [5.74, 6) is -1.63. The summed E-state index contributed by atoms with van der Waals surface area (Å²) in [4.78, 5) is 70.2. The van der Waals surface area contributed by atoms with Crippen LogP contribution in [-0.2, 0) is 24.0 Å². The topological polar surface area (TPSA) is 191 Å². The summed E-state index contributed by atoms with van der Waals surface area (Å²) in [7, 11) is 0. The van der Waals surface area contributed by atoms with Gasteiger partial charge in [0.05, 0.1) is 12.3 Å². The molecule has 1 atom stereocenters. The Labute approximate surface area is 200 Å². The summed E-state index contributed by atoms with van der Waals surface area (Å²) < 4.78 is 5.37. The Balaban J connectivity index is 1.85. The zero-order chi connectivity index (χ0) is 25.6. The molecule has 0 aliphatic carbocycles. The standard InChI is InChI=1S/C21H26N6O8/c1-14(28)25-15-4-6-17(7-5-15)35-21(31)18(11-16-12-22-13-24-16)26-20(30)8-9-23-19(29)3-2-10-34-27(32)33/h4-7,12,18H,2-3,8-11,13H2,1H3,(H,23,29)(H,25,28)(H,26,30)/t18-/m1/s1. The second kappa shape index (κ2) is 14.0. The average Bonchev–Trinajstić information content (AvgIpc) is 3.30. The predicted molar refractivity (Wildman–Crippen MR) is 124 cm³/mol. The maximum atomic E-state index is 12.7. The van der Waals surface area contributed by atoms with Crippen molar-refractivity contribution in [3.63, 3.8) is 0 Å². The maximum absolute atomic E-state index is 12.7. The van der Waals surface area contributed by atoms with Crippen molar-refractivity contribution in [2.75, 3.05) is 25.1 Å². The monoisotopic (exact) mass is 490 g/mol. The summed E-state index contributed by atoms with van der Waals surface area (Å²) in [5.41, 5.74) is 1.06. The lowest BCUT2D eigenvalue weighted by atomic mass is 10.1. The Bertz CT molecular complexity index is 992. The van der Waals surface area contributed by atoms with Crippen LogP contribution >= 0.6 is 0 Å². The summed E-state index contributed by atoms with van der Waals surface area (Å²) in [6, 6.07) is 5.09. The van der Waals surface area contributed by atoms with Crippen LogP contribution in [0.1, 0.15) is 32.6 Å². The summed E-state index contributed by atoms with van der Waals surface area (Å²) in [6.45, 7) is 1.42. The highest BCUT2D eigenvalue weighted by atomic mass is 16.9. The van der Waals surface area contributed by atoms with Crippen LogP contribution in [0.15, 0.2) is 34.3 Å². The van der Waals surface area contributed by atoms with Gasteiger partial charge in [-0.05, 0) is 30.7 Å². The Morgan fingerprint density at radius 2 is 1.89 bits per heavy atom. The molecule has 0 radical (unpaired) electrons. The Hall–Kier alpha value is -4.36. The quantitative estimate of drug-likeness (QED) is 0.110. The van der Waals surface area contributed by atoms with Crippen LogP contribution in [0.4, 0.5) is 5.69 Å². The van der Waals surface area contributed by atoms with Crippen molar-refractivity contribution < 1.29 is 33.8 Å². The maximum Gasteiger partial charge on any atom is 0.334 e. The second-order valence-electron chi connectivity index (χ2n) is 7.31. The summed E-state index contributed by atoms with van der Waals surface area (Å²) in [5, 5.41) is 16.8. The first-order valence-electron chi connectivity index (χ1n) is 10.7. The van der Waals surface area contributed by atoms with Crippen molar-refractivity contribution in [3.05, 3.63) is 34.4 Å². The van der Waals surface area contributed by atoms with E-state index in [4.69, 9.17) is 4.74 Å². The lowest BCUT2D eigenvalue weighted by Crippen LogP contribution is -2.45. The molecule has 0 fully saturated rings. The lowest BCUT2D eigenvalue weighted by Gasteiger charge is -2.17. The SMILES string of the molecule is CC(=O)Nc1ccc(OC(=O)[C@@H](CC2=NCN=C2)NC(=O)CCNC(=O)CCCO[N+](=O)[O-])cc1. The number of anilines is 1. The molecule has 0 aromatic heterocycles. The molecular weight excluding hydrogens is 464 g/mol. The molecule has 0 saturated carbocycles. The number of aliphatic imine (C=N–C) groups is 2. The number of hydrogen-bond acceptors (Lipinski definition) is 10. The van der Waals surface area contributed by atoms with Gasteiger partial charge in [0.15, 0.2) is 0 Å². The van der Waals surface area contributed by atoms with Crippen LogP contribution in [0.25, 0.3) is 0 Å².